The molecule has 0 aromatic carbocycles. The molecule has 0 aliphatic rings. The molecule has 9 N–H and O–H groups in total. The third kappa shape index (κ3) is 49.5. The van der Waals surface area contributed by atoms with Gasteiger partial charge in [0.05, 0.1) is 13.2 Å². The Labute approximate surface area is 149 Å². The predicted molar refractivity (Wildman–Crippen MR) is 85.4 cm³/mol. The lowest BCUT2D eigenvalue weighted by Gasteiger charge is -2.06. The minimum Gasteiger partial charge on any atom is -0.483 e. The van der Waals surface area contributed by atoms with Gasteiger partial charge in [-0.25, -0.2) is 4.79 Å². The zero-order chi connectivity index (χ0) is 22.3. The number of hydrogen-bond donors (Lipinski definition) is 9. The normalized spacial score (nSPS) is 9.46. The molecule has 0 aromatic rings. The van der Waals surface area contributed by atoms with E-state index in [0.29, 0.717) is 0 Å². The molecule has 0 fully saturated rings. The van der Waals surface area contributed by atoms with Crippen molar-refractivity contribution in [3.8, 4) is 0 Å². The van der Waals surface area contributed by atoms with Crippen LogP contribution in [0.3, 0.4) is 0 Å². The molecule has 0 rings (SSSR count). The van der Waals surface area contributed by atoms with Crippen LogP contribution in [0.4, 0.5) is 0 Å². The minimum atomic E-state index is -1.31. The summed E-state index contributed by atoms with van der Waals surface area (Å²) in [5.41, 5.74) is 0. The number of aliphatic carboxylic acids is 3. The first-order valence-electron chi connectivity index (χ1n) is 6.67. The number of carboxylic acids is 3. The van der Waals surface area contributed by atoms with E-state index in [0.717, 1.165) is 7.11 Å². The Morgan fingerprint density at radius 2 is 1.15 bits per heavy atom. The maximum Gasteiger partial charge on any atom is 0.332 e. The van der Waals surface area contributed by atoms with Crippen LogP contribution in [-0.2, 0) is 19.2 Å². The van der Waals surface area contributed by atoms with Crippen LogP contribution in [-0.4, -0.2) is 103 Å². The maximum absolute atomic E-state index is 9.89. The van der Waals surface area contributed by atoms with E-state index in [1.807, 2.05) is 0 Å². The van der Waals surface area contributed by atoms with Crippen LogP contribution in [0.1, 0.15) is 20.3 Å². The average molecular weight is 392 g/mol. The molecule has 1 unspecified atom stereocenters. The monoisotopic (exact) mass is 392 g/mol. The second-order valence-electron chi connectivity index (χ2n) is 4.12. The fourth-order valence-electron chi connectivity index (χ4n) is 0.472. The van der Waals surface area contributed by atoms with E-state index in [4.69, 9.17) is 50.8 Å². The van der Waals surface area contributed by atoms with E-state index in [1.165, 1.54) is 0 Å². The van der Waals surface area contributed by atoms with E-state index in [-0.39, 0.29) is 25.6 Å². The second-order valence-corrected chi connectivity index (χ2v) is 4.12. The van der Waals surface area contributed by atoms with Gasteiger partial charge in [-0.2, -0.15) is 0 Å². The Hall–Kier alpha value is -2.32. The fourth-order valence-corrected chi connectivity index (χ4v) is 0.472. The lowest BCUT2D eigenvalue weighted by molar-refractivity contribution is -0.149. The van der Waals surface area contributed by atoms with Crippen LogP contribution < -0.4 is 0 Å². The van der Waals surface area contributed by atoms with Crippen LogP contribution >= 0.6 is 0 Å². The molecule has 0 aromatic heterocycles. The smallest absolute Gasteiger partial charge is 0.332 e. The number of aliphatic hydroxyl groups is 5. The van der Waals surface area contributed by atoms with Gasteiger partial charge in [-0.05, 0) is 5.92 Å². The highest BCUT2D eigenvalue weighted by Crippen LogP contribution is 1.99. The van der Waals surface area contributed by atoms with E-state index in [9.17, 15) is 14.4 Å². The van der Waals surface area contributed by atoms with Gasteiger partial charge in [-0.15, -0.1) is 0 Å². The Bertz CT molecular complexity index is 327. The molecule has 0 aliphatic carbocycles. The lowest BCUT2D eigenvalue weighted by atomic mass is 10.1. The minimum absolute atomic E-state index is 0.201. The summed E-state index contributed by atoms with van der Waals surface area (Å²) < 4.78 is 0. The van der Waals surface area contributed by atoms with Crippen LogP contribution in [0.5, 0.6) is 0 Å². The first kappa shape index (κ1) is 34.9. The second kappa shape index (κ2) is 27.5. The van der Waals surface area contributed by atoms with Gasteiger partial charge in [0, 0.05) is 7.11 Å². The number of rotatable bonds is 6. The number of aliphatic hydroxyl groups excluding tert-OH is 5. The van der Waals surface area contributed by atoms with Crippen molar-refractivity contribution in [3.05, 3.63) is 0 Å². The van der Waals surface area contributed by atoms with Gasteiger partial charge in [0.2, 0.25) is 0 Å². The summed E-state index contributed by atoms with van der Waals surface area (Å²) in [6, 6.07) is 0. The Morgan fingerprint density at radius 1 is 0.885 bits per heavy atom. The molecule has 0 spiro atoms. The molecule has 0 amide bonds. The summed E-state index contributed by atoms with van der Waals surface area (Å²) in [5.74, 6) is -3.98. The van der Waals surface area contributed by atoms with Crippen molar-refractivity contribution in [2.75, 3.05) is 20.3 Å². The standard InChI is InChI=1S/C5H10O3.C3H4O4.C3H8O3.CH2O2.CH4O/c1-3(2)4(6)5(7)8;4-2(5)1-3(6)7;4-1-3(6)2-5;2-1-3;1-2/h3-4,6H,1-2H3,(H,7,8);1H2,(H,4,5)(H,6,7);3-6H,1-2H2;1H,(H,2,3);2H,1H3. The highest BCUT2D eigenvalue weighted by atomic mass is 16.4. The summed E-state index contributed by atoms with van der Waals surface area (Å²) in [6.07, 6.45) is -2.97. The molecule has 0 heterocycles. The molecular weight excluding hydrogens is 364 g/mol. The van der Waals surface area contributed by atoms with Crippen molar-refractivity contribution in [1.82, 2.24) is 0 Å². The van der Waals surface area contributed by atoms with Crippen molar-refractivity contribution in [1.29, 1.82) is 0 Å². The molecule has 0 bridgehead atoms. The summed E-state index contributed by atoms with van der Waals surface area (Å²) >= 11 is 0. The van der Waals surface area contributed by atoms with Crippen molar-refractivity contribution in [2.45, 2.75) is 32.5 Å². The van der Waals surface area contributed by atoms with Gasteiger partial charge in [-0.1, -0.05) is 13.8 Å². The Morgan fingerprint density at radius 3 is 1.15 bits per heavy atom. The van der Waals surface area contributed by atoms with Gasteiger partial charge >= 0.3 is 17.9 Å². The summed E-state index contributed by atoms with van der Waals surface area (Å²) in [5, 5.41) is 70.0. The van der Waals surface area contributed by atoms with E-state index in [1.54, 1.807) is 13.8 Å². The highest BCUT2D eigenvalue weighted by molar-refractivity contribution is 5.88. The molecule has 0 saturated heterocycles. The maximum atomic E-state index is 9.89. The zero-order valence-electron chi connectivity index (χ0n) is 14.6. The first-order chi connectivity index (χ1) is 11.9. The lowest BCUT2D eigenvalue weighted by Crippen LogP contribution is -2.25. The molecule has 158 valence electrons. The van der Waals surface area contributed by atoms with Crippen LogP contribution in [0.2, 0.25) is 0 Å². The van der Waals surface area contributed by atoms with E-state index < -0.39 is 36.5 Å². The van der Waals surface area contributed by atoms with Crippen LogP contribution in [0.25, 0.3) is 0 Å². The largest absolute Gasteiger partial charge is 0.483 e. The number of hydrogen-bond acceptors (Lipinski definition) is 9. The third-order valence-electron chi connectivity index (χ3n) is 1.61. The summed E-state index contributed by atoms with van der Waals surface area (Å²) in [6.45, 7) is 2.32. The quantitative estimate of drug-likeness (QED) is 0.165. The van der Waals surface area contributed by atoms with Crippen molar-refractivity contribution < 1.29 is 65.1 Å². The number of carboxylic acid groups (broad SMARTS) is 4. The van der Waals surface area contributed by atoms with Crippen molar-refractivity contribution in [2.24, 2.45) is 5.92 Å². The molecule has 1 atom stereocenters. The van der Waals surface area contributed by atoms with Crippen LogP contribution in [0.15, 0.2) is 0 Å². The summed E-state index contributed by atoms with van der Waals surface area (Å²) in [4.78, 5) is 37.1. The molecule has 0 saturated carbocycles. The third-order valence-corrected chi connectivity index (χ3v) is 1.61. The SMILES string of the molecule is CC(C)C(O)C(=O)O.CO.O=C(O)CC(=O)O.O=CO.OCC(O)CO. The van der Waals surface area contributed by atoms with Gasteiger partial charge in [0.1, 0.15) is 12.5 Å². The van der Waals surface area contributed by atoms with E-state index >= 15 is 0 Å². The van der Waals surface area contributed by atoms with Gasteiger partial charge in [-0.3, -0.25) is 14.4 Å². The first-order valence-corrected chi connectivity index (χ1v) is 6.67. The van der Waals surface area contributed by atoms with Gasteiger partial charge in [0.15, 0.2) is 6.10 Å². The Balaban J connectivity index is -0.0000000758. The molecule has 0 aliphatic heterocycles. The Kier molecular flexibility index (Phi) is 37.0. The van der Waals surface area contributed by atoms with Gasteiger partial charge < -0.3 is 46.0 Å². The molecule has 0 radical (unpaired) electrons. The van der Waals surface area contributed by atoms with Crippen molar-refractivity contribution >= 4 is 24.4 Å². The summed E-state index contributed by atoms with van der Waals surface area (Å²) in [7, 11) is 1.00. The van der Waals surface area contributed by atoms with Crippen LogP contribution in [0, 0.1) is 5.92 Å². The highest BCUT2D eigenvalue weighted by Gasteiger charge is 2.16. The molecule has 26 heavy (non-hydrogen) atoms. The van der Waals surface area contributed by atoms with Gasteiger partial charge in [0.25, 0.3) is 6.47 Å². The zero-order valence-corrected chi connectivity index (χ0v) is 14.6. The molecule has 13 heteroatoms. The topological polar surface area (TPSA) is 250 Å². The molecule has 13 nitrogen and oxygen atoms in total. The van der Waals surface area contributed by atoms with Crippen molar-refractivity contribution in [3.63, 3.8) is 0 Å². The fraction of sp³-hybridized carbons (Fsp3) is 0.692. The predicted octanol–water partition coefficient (Wildman–Crippen LogP) is -2.73. The molecular formula is C13H28O13. The van der Waals surface area contributed by atoms with E-state index in [2.05, 4.69) is 0 Å². The number of carbonyl (C=O) groups is 4. The average Bonchev–Trinajstić information content (AvgIpc) is 2.55.